The minimum atomic E-state index is 0.108. The van der Waals surface area contributed by atoms with Gasteiger partial charge in [-0.3, -0.25) is 0 Å². The van der Waals surface area contributed by atoms with Crippen molar-refractivity contribution in [3.8, 4) is 0 Å². The zero-order valence-corrected chi connectivity index (χ0v) is 16.4. The van der Waals surface area contributed by atoms with E-state index in [1.165, 1.54) is 29.4 Å². The molecule has 0 N–H and O–H groups in total. The van der Waals surface area contributed by atoms with Crippen molar-refractivity contribution in [2.45, 2.75) is 51.4 Å². The van der Waals surface area contributed by atoms with Gasteiger partial charge in [-0.1, -0.05) is 51.4 Å². The molecule has 5 rings (SSSR count). The van der Waals surface area contributed by atoms with Crippen LogP contribution < -0.4 is 0 Å². The van der Waals surface area contributed by atoms with Gasteiger partial charge in [0.1, 0.15) is 16.3 Å². The quantitative estimate of drug-likeness (QED) is 0.310. The lowest BCUT2D eigenvalue weighted by molar-refractivity contribution is 0.331. The number of hydrogen-bond acceptors (Lipinski definition) is 2. The number of halogens is 1. The van der Waals surface area contributed by atoms with Gasteiger partial charge in [0.2, 0.25) is 0 Å². The maximum atomic E-state index is 6.46. The van der Waals surface area contributed by atoms with Crippen LogP contribution in [-0.4, -0.2) is 4.98 Å². The molecule has 1 aliphatic carbocycles. The number of aromatic nitrogens is 1. The van der Waals surface area contributed by atoms with Crippen LogP contribution in [0, 0.1) is 0 Å². The summed E-state index contributed by atoms with van der Waals surface area (Å²) in [5, 5.41) is 4.86. The molecule has 0 spiro atoms. The third-order valence-corrected chi connectivity index (χ3v) is 6.56. The van der Waals surface area contributed by atoms with Gasteiger partial charge < -0.3 is 4.42 Å². The molecule has 0 saturated heterocycles. The van der Waals surface area contributed by atoms with Crippen molar-refractivity contribution < 1.29 is 4.42 Å². The number of nitrogens with zero attached hydrogens (tertiary/aromatic N) is 1. The Balaban J connectivity index is 1.95. The first-order chi connectivity index (χ1) is 12.3. The normalized spacial score (nSPS) is 18.5. The van der Waals surface area contributed by atoms with Gasteiger partial charge in [-0.25, -0.2) is 4.98 Å². The molecule has 0 radical (unpaired) electrons. The van der Waals surface area contributed by atoms with Gasteiger partial charge in [-0.2, -0.15) is 0 Å². The van der Waals surface area contributed by atoms with Gasteiger partial charge in [0.25, 0.3) is 0 Å². The second kappa shape index (κ2) is 5.01. The van der Waals surface area contributed by atoms with E-state index in [0.29, 0.717) is 5.15 Å². The molecule has 0 bridgehead atoms. The van der Waals surface area contributed by atoms with E-state index in [4.69, 9.17) is 16.0 Å². The van der Waals surface area contributed by atoms with Crippen LogP contribution in [0.1, 0.15) is 51.7 Å². The largest absolute Gasteiger partial charge is 0.456 e. The Hall–Kier alpha value is -2.06. The molecule has 0 aliphatic heterocycles. The van der Waals surface area contributed by atoms with Crippen LogP contribution in [0.25, 0.3) is 32.7 Å². The molecule has 3 heteroatoms. The SMILES string of the molecule is CC1(C)CCC(C)(C)c2c1ccc1c2oc2cc3ccnc(Cl)c3cc21. The van der Waals surface area contributed by atoms with E-state index in [-0.39, 0.29) is 10.8 Å². The van der Waals surface area contributed by atoms with E-state index in [1.54, 1.807) is 6.20 Å². The summed E-state index contributed by atoms with van der Waals surface area (Å²) in [7, 11) is 0. The van der Waals surface area contributed by atoms with E-state index in [9.17, 15) is 0 Å². The Morgan fingerprint density at radius 2 is 1.69 bits per heavy atom. The zero-order chi connectivity index (χ0) is 18.3. The fraction of sp³-hybridized carbons (Fsp3) is 0.348. The fourth-order valence-electron chi connectivity index (χ4n) is 4.59. The van der Waals surface area contributed by atoms with Crippen molar-refractivity contribution in [1.82, 2.24) is 4.98 Å². The smallest absolute Gasteiger partial charge is 0.139 e. The summed E-state index contributed by atoms with van der Waals surface area (Å²) in [5.74, 6) is 0. The molecule has 2 heterocycles. The van der Waals surface area contributed by atoms with Crippen LogP contribution >= 0.6 is 11.6 Å². The average molecular weight is 364 g/mol. The molecule has 0 saturated carbocycles. The lowest BCUT2D eigenvalue weighted by Crippen LogP contribution is -2.33. The Morgan fingerprint density at radius 3 is 2.50 bits per heavy atom. The molecule has 2 aromatic heterocycles. The van der Waals surface area contributed by atoms with Gasteiger partial charge >= 0.3 is 0 Å². The summed E-state index contributed by atoms with van der Waals surface area (Å²) in [4.78, 5) is 4.23. The molecule has 2 aromatic carbocycles. The van der Waals surface area contributed by atoms with Gasteiger partial charge in [-0.15, -0.1) is 0 Å². The highest BCUT2D eigenvalue weighted by Gasteiger charge is 2.39. The van der Waals surface area contributed by atoms with E-state index < -0.39 is 0 Å². The molecule has 0 amide bonds. The monoisotopic (exact) mass is 363 g/mol. The van der Waals surface area contributed by atoms with Crippen molar-refractivity contribution in [2.24, 2.45) is 0 Å². The summed E-state index contributed by atoms with van der Waals surface area (Å²) < 4.78 is 6.46. The third kappa shape index (κ3) is 2.08. The Morgan fingerprint density at radius 1 is 0.923 bits per heavy atom. The van der Waals surface area contributed by atoms with E-state index in [1.807, 2.05) is 6.07 Å². The van der Waals surface area contributed by atoms with Crippen molar-refractivity contribution in [3.63, 3.8) is 0 Å². The second-order valence-electron chi connectivity index (χ2n) is 8.91. The van der Waals surface area contributed by atoms with Crippen LogP contribution in [0.3, 0.4) is 0 Å². The molecule has 1 aliphatic rings. The molecular weight excluding hydrogens is 342 g/mol. The van der Waals surface area contributed by atoms with Crippen LogP contribution in [0.15, 0.2) is 40.9 Å². The molecule has 26 heavy (non-hydrogen) atoms. The maximum absolute atomic E-state index is 6.46. The van der Waals surface area contributed by atoms with Crippen LogP contribution in [0.2, 0.25) is 5.15 Å². The number of benzene rings is 2. The number of pyridine rings is 1. The Labute approximate surface area is 158 Å². The van der Waals surface area contributed by atoms with Gasteiger partial charge in [-0.05, 0) is 52.8 Å². The minimum Gasteiger partial charge on any atom is -0.456 e. The summed E-state index contributed by atoms with van der Waals surface area (Å²) in [6, 6.07) is 10.7. The van der Waals surface area contributed by atoms with Gasteiger partial charge in [0.05, 0.1) is 0 Å². The van der Waals surface area contributed by atoms with Gasteiger partial charge in [0, 0.05) is 27.9 Å². The first-order valence-electron chi connectivity index (χ1n) is 9.22. The number of hydrogen-bond donors (Lipinski definition) is 0. The molecule has 4 aromatic rings. The predicted octanol–water partition coefficient (Wildman–Crippen LogP) is 7.14. The summed E-state index contributed by atoms with van der Waals surface area (Å²) in [6.45, 7) is 9.36. The van der Waals surface area contributed by atoms with E-state index in [2.05, 4.69) is 56.9 Å². The summed E-state index contributed by atoms with van der Waals surface area (Å²) in [5.41, 5.74) is 5.03. The first kappa shape index (κ1) is 16.1. The fourth-order valence-corrected chi connectivity index (χ4v) is 4.81. The standard InChI is InChI=1S/C23H22ClNO/c1-22(2)8-9-23(3,4)19-17(22)6-5-14-16-12-15-13(7-10-25-21(15)24)11-18(16)26-20(14)19/h5-7,10-12H,8-9H2,1-4H3. The average Bonchev–Trinajstić information content (AvgIpc) is 2.95. The third-order valence-electron chi connectivity index (χ3n) is 6.26. The predicted molar refractivity (Wildman–Crippen MR) is 109 cm³/mol. The second-order valence-corrected chi connectivity index (χ2v) is 9.26. The highest BCUT2D eigenvalue weighted by molar-refractivity contribution is 6.34. The number of furan rings is 1. The molecular formula is C23H22ClNO. The van der Waals surface area contributed by atoms with E-state index in [0.717, 1.165) is 27.3 Å². The van der Waals surface area contributed by atoms with Crippen molar-refractivity contribution in [2.75, 3.05) is 0 Å². The topological polar surface area (TPSA) is 26.0 Å². The van der Waals surface area contributed by atoms with Crippen molar-refractivity contribution in [3.05, 3.63) is 52.8 Å². The van der Waals surface area contributed by atoms with Crippen molar-refractivity contribution in [1.29, 1.82) is 0 Å². The van der Waals surface area contributed by atoms with Crippen LogP contribution in [0.4, 0.5) is 0 Å². The highest BCUT2D eigenvalue weighted by Crippen LogP contribution is 2.50. The molecule has 0 atom stereocenters. The highest BCUT2D eigenvalue weighted by atomic mass is 35.5. The molecule has 132 valence electrons. The Kier molecular flexibility index (Phi) is 3.11. The summed E-state index contributed by atoms with van der Waals surface area (Å²) in [6.07, 6.45) is 4.11. The zero-order valence-electron chi connectivity index (χ0n) is 15.6. The minimum absolute atomic E-state index is 0.108. The number of rotatable bonds is 0. The van der Waals surface area contributed by atoms with Gasteiger partial charge in [0.15, 0.2) is 0 Å². The van der Waals surface area contributed by atoms with Crippen LogP contribution in [0.5, 0.6) is 0 Å². The number of fused-ring (bicyclic) bond motifs is 6. The lowest BCUT2D eigenvalue weighted by atomic mass is 9.63. The molecule has 2 nitrogen and oxygen atoms in total. The van der Waals surface area contributed by atoms with Crippen LogP contribution in [-0.2, 0) is 10.8 Å². The van der Waals surface area contributed by atoms with E-state index >= 15 is 0 Å². The lowest BCUT2D eigenvalue weighted by Gasteiger charge is -2.41. The molecule has 0 fully saturated rings. The maximum Gasteiger partial charge on any atom is 0.139 e. The molecule has 0 unspecified atom stereocenters. The van der Waals surface area contributed by atoms with Crippen molar-refractivity contribution >= 4 is 44.3 Å². The Bertz CT molecular complexity index is 1200. The first-order valence-corrected chi connectivity index (χ1v) is 9.60. The summed E-state index contributed by atoms with van der Waals surface area (Å²) >= 11 is 6.33.